The zero-order valence-corrected chi connectivity index (χ0v) is 30.5. The molecule has 0 atom stereocenters. The van der Waals surface area contributed by atoms with Gasteiger partial charge in [0.05, 0.1) is 21.2 Å². The van der Waals surface area contributed by atoms with E-state index in [9.17, 15) is 20.2 Å². The molecule has 0 aliphatic rings. The summed E-state index contributed by atoms with van der Waals surface area (Å²) in [6, 6.07) is 23.1. The van der Waals surface area contributed by atoms with Crippen molar-refractivity contribution in [3.05, 3.63) is 140 Å². The predicted molar refractivity (Wildman–Crippen MR) is 183 cm³/mol. The smallest absolute Gasteiger partial charge is 0.741 e. The van der Waals surface area contributed by atoms with Crippen LogP contribution in [0, 0.1) is 30.5 Å². The van der Waals surface area contributed by atoms with Gasteiger partial charge in [0, 0.05) is 60.9 Å². The molecule has 2 aromatic heterocycles. The second-order valence-electron chi connectivity index (χ2n) is 9.13. The van der Waals surface area contributed by atoms with Crippen LogP contribution in [0.25, 0.3) is 0 Å². The maximum atomic E-state index is 11.0. The number of nitrogens with zero attached hydrogens (tertiary/aromatic N) is 8. The number of hydrogen-bond donors (Lipinski definition) is 2. The summed E-state index contributed by atoms with van der Waals surface area (Å²) in [6.07, 6.45) is 3.24. The topological polar surface area (TPSA) is 278 Å². The van der Waals surface area contributed by atoms with Crippen molar-refractivity contribution >= 4 is 58.4 Å². The van der Waals surface area contributed by atoms with Gasteiger partial charge >= 0.3 is 17.1 Å². The Bertz CT molecular complexity index is 1730. The third-order valence-corrected chi connectivity index (χ3v) is 6.05. The Morgan fingerprint density at radius 1 is 0.673 bits per heavy atom. The third-order valence-electron chi connectivity index (χ3n) is 5.61. The first-order valence-electron chi connectivity index (χ1n) is 14.3. The van der Waals surface area contributed by atoms with E-state index in [2.05, 4.69) is 41.0 Å². The van der Waals surface area contributed by atoms with Gasteiger partial charge < -0.3 is 25.3 Å². The van der Waals surface area contributed by atoms with Crippen molar-refractivity contribution in [1.29, 1.82) is 0 Å². The zero-order valence-electron chi connectivity index (χ0n) is 27.0. The van der Waals surface area contributed by atoms with E-state index in [1.165, 1.54) is 24.3 Å². The molecule has 0 aliphatic heterocycles. The molecule has 273 valence electrons. The molecule has 0 aliphatic carbocycles. The molecule has 52 heavy (non-hydrogen) atoms. The molecule has 1 radical (unpaired) electrons. The van der Waals surface area contributed by atoms with E-state index < -0.39 is 20.1 Å². The van der Waals surface area contributed by atoms with Gasteiger partial charge in [0.1, 0.15) is 11.4 Å². The average molecular weight is 812 g/mol. The standard InChI is InChI=1S/2C15H15N5O2S.ClHO4.Fe/c2*1-2-16-15(23)19-18-14(13-8-3-4-9-17-13)11-6-5-7-12(10-11)20(21)22;2-1(3,4)5;/h2*3-10H,2H2,1H3,(H2,16,19,23);(H,2,3,4,5);/q;;;+3/p-3/b2*18-14+;;. The molecular weight excluding hydrogens is 784 g/mol. The predicted octanol–water partition coefficient (Wildman–Crippen LogP) is -0.249. The van der Waals surface area contributed by atoms with E-state index in [0.717, 1.165) is 0 Å². The second kappa shape index (κ2) is 23.4. The summed E-state index contributed by atoms with van der Waals surface area (Å²) in [7, 11) is -4.94. The molecule has 0 amide bonds. The van der Waals surface area contributed by atoms with Gasteiger partial charge in [-0.15, -0.1) is 10.2 Å². The molecular formula is C30H28ClFeN10O8S2. The number of hydrogen-bond acceptors (Lipinski definition) is 16. The van der Waals surface area contributed by atoms with Crippen molar-refractivity contribution in [3.63, 3.8) is 0 Å². The van der Waals surface area contributed by atoms with E-state index in [4.69, 9.17) is 43.9 Å². The number of aromatic nitrogens is 2. The van der Waals surface area contributed by atoms with Gasteiger partial charge in [-0.2, -0.15) is 10.2 Å². The number of pyridine rings is 2. The zero-order chi connectivity index (χ0) is 37.8. The van der Waals surface area contributed by atoms with Gasteiger partial charge in [0.25, 0.3) is 11.4 Å². The average Bonchev–Trinajstić information content (AvgIpc) is 3.09. The Kier molecular flexibility index (Phi) is 20.2. The summed E-state index contributed by atoms with van der Waals surface area (Å²) in [6.45, 7) is 4.80. The van der Waals surface area contributed by atoms with Crippen LogP contribution in [0.4, 0.5) is 11.4 Å². The number of rotatable bonds is 10. The summed E-state index contributed by atoms with van der Waals surface area (Å²) < 4.78 is 34.0. The van der Waals surface area contributed by atoms with Crippen LogP contribution in [0.3, 0.4) is 0 Å². The maximum Gasteiger partial charge on any atom is 3.00 e. The fraction of sp³-hybridized carbons (Fsp3) is 0.133. The molecule has 0 unspecified atom stereocenters. The SMILES string of the molecule is CCN=C([S-])N/N=C(\c1cccc([N+](=O)[O-])c1)c1ccccn1.CCN=C([S-])N/N=C(\c1cccc([N+](=O)[O-])c1)c1ccccn1.[Fe+3].[O-][Cl+3]([O-])([O-])[O-]. The van der Waals surface area contributed by atoms with Gasteiger partial charge in [0.15, 0.2) is 0 Å². The quantitative estimate of drug-likeness (QED) is 0.0522. The molecule has 2 heterocycles. The number of amidine groups is 2. The van der Waals surface area contributed by atoms with Crippen molar-refractivity contribution in [1.82, 2.24) is 20.8 Å². The van der Waals surface area contributed by atoms with Crippen LogP contribution in [0.5, 0.6) is 0 Å². The van der Waals surface area contributed by atoms with Crippen LogP contribution in [0.1, 0.15) is 36.4 Å². The fourth-order valence-electron chi connectivity index (χ4n) is 3.64. The van der Waals surface area contributed by atoms with Crippen LogP contribution < -0.4 is 29.5 Å². The first kappa shape index (κ1) is 44.9. The molecule has 0 saturated carbocycles. The number of nitrogens with one attached hydrogen (secondary N) is 2. The summed E-state index contributed by atoms with van der Waals surface area (Å²) in [4.78, 5) is 37.5. The molecule has 2 N–H and O–H groups in total. The Hall–Kier alpha value is -5.09. The molecule has 2 aromatic carbocycles. The van der Waals surface area contributed by atoms with Crippen LogP contribution in [0.15, 0.2) is 118 Å². The first-order chi connectivity index (χ1) is 24.2. The van der Waals surface area contributed by atoms with E-state index in [1.54, 1.807) is 60.9 Å². The van der Waals surface area contributed by atoms with E-state index in [-0.39, 0.29) is 38.8 Å². The number of nitro benzene ring substituents is 2. The van der Waals surface area contributed by atoms with E-state index in [1.807, 2.05) is 26.0 Å². The summed E-state index contributed by atoms with van der Waals surface area (Å²) >= 11 is 10.1. The Morgan fingerprint density at radius 2 is 1.04 bits per heavy atom. The molecule has 0 saturated heterocycles. The second-order valence-corrected chi connectivity index (χ2v) is 10.7. The van der Waals surface area contributed by atoms with E-state index >= 15 is 0 Å². The van der Waals surface area contributed by atoms with Crippen LogP contribution in [-0.2, 0) is 42.3 Å². The minimum absolute atomic E-state index is 0. The molecule has 0 spiro atoms. The molecule has 18 nitrogen and oxygen atoms in total. The number of aliphatic imine (C=N–C) groups is 2. The normalized spacial score (nSPS) is 11.8. The molecule has 4 rings (SSSR count). The Labute approximate surface area is 320 Å². The van der Waals surface area contributed by atoms with Crippen LogP contribution in [0.2, 0.25) is 0 Å². The van der Waals surface area contributed by atoms with Crippen molar-refractivity contribution in [2.24, 2.45) is 20.2 Å². The molecule has 4 aromatic rings. The minimum atomic E-state index is -4.94. The Morgan fingerprint density at radius 3 is 1.33 bits per heavy atom. The number of benzene rings is 2. The van der Waals surface area contributed by atoms with Gasteiger partial charge in [-0.1, -0.05) is 36.4 Å². The number of hydrazone groups is 2. The molecule has 0 fully saturated rings. The summed E-state index contributed by atoms with van der Waals surface area (Å²) in [5, 5.41) is 30.9. The van der Waals surface area contributed by atoms with E-state index in [0.29, 0.717) is 47.0 Å². The van der Waals surface area contributed by atoms with Crippen LogP contribution >= 0.6 is 0 Å². The minimum Gasteiger partial charge on any atom is -0.741 e. The number of nitro groups is 2. The maximum absolute atomic E-state index is 11.0. The fourth-order valence-corrected chi connectivity index (χ4v) is 3.99. The third kappa shape index (κ3) is 17.2. The van der Waals surface area contributed by atoms with Gasteiger partial charge in [-0.05, 0) is 48.4 Å². The Balaban J connectivity index is 0.000000452. The van der Waals surface area contributed by atoms with Gasteiger partial charge in [-0.3, -0.25) is 51.0 Å². The largest absolute Gasteiger partial charge is 3.00 e. The van der Waals surface area contributed by atoms with Crippen molar-refractivity contribution in [2.45, 2.75) is 13.8 Å². The number of halogens is 1. The van der Waals surface area contributed by atoms with Crippen LogP contribution in [-0.4, -0.2) is 54.7 Å². The summed E-state index contributed by atoms with van der Waals surface area (Å²) in [5.41, 5.74) is 8.45. The van der Waals surface area contributed by atoms with Crippen molar-refractivity contribution < 1.29 is 55.8 Å². The molecule has 0 bridgehead atoms. The monoisotopic (exact) mass is 811 g/mol. The summed E-state index contributed by atoms with van der Waals surface area (Å²) in [5.74, 6) is 0. The van der Waals surface area contributed by atoms with Gasteiger partial charge in [-0.25, -0.2) is 18.6 Å². The van der Waals surface area contributed by atoms with Crippen molar-refractivity contribution in [2.75, 3.05) is 13.1 Å². The molecule has 22 heteroatoms. The number of non-ortho nitro benzene ring substituents is 2. The van der Waals surface area contributed by atoms with Gasteiger partial charge in [0.2, 0.25) is 0 Å². The first-order valence-corrected chi connectivity index (χ1v) is 16.3. The van der Waals surface area contributed by atoms with Crippen molar-refractivity contribution in [3.8, 4) is 0 Å².